The van der Waals surface area contributed by atoms with Gasteiger partial charge in [0.2, 0.25) is 5.91 Å². The number of amides is 2. The van der Waals surface area contributed by atoms with Gasteiger partial charge in [0.05, 0.1) is 17.0 Å². The summed E-state index contributed by atoms with van der Waals surface area (Å²) in [6, 6.07) is 25.9. The maximum atomic E-state index is 14.0. The monoisotopic (exact) mass is 863 g/mol. The number of anilines is 2. The molecule has 0 saturated carbocycles. The molecule has 3 heterocycles. The second kappa shape index (κ2) is 17.9. The van der Waals surface area contributed by atoms with Crippen LogP contribution in [-0.4, -0.2) is 100 Å². The minimum Gasteiger partial charge on any atom is -0.456 e. The van der Waals surface area contributed by atoms with Crippen molar-refractivity contribution < 1.29 is 22.7 Å². The molecule has 1 aromatic heterocycles. The van der Waals surface area contributed by atoms with Crippen molar-refractivity contribution in [2.45, 2.75) is 44.9 Å². The summed E-state index contributed by atoms with van der Waals surface area (Å²) in [5, 5.41) is 7.75. The fourth-order valence-corrected chi connectivity index (χ4v) is 9.79. The number of fused-ring (bicyclic) bond motifs is 1. The number of rotatable bonds is 13. The maximum Gasteiger partial charge on any atom is 0.268 e. The molecule has 2 saturated heterocycles. The molecular formula is C47H54ClN7O5S. The Kier molecular flexibility index (Phi) is 12.5. The molecule has 2 aliphatic heterocycles. The number of aromatic nitrogens is 1. The van der Waals surface area contributed by atoms with E-state index in [2.05, 4.69) is 61.0 Å². The van der Waals surface area contributed by atoms with Gasteiger partial charge in [-0.3, -0.25) is 19.4 Å². The van der Waals surface area contributed by atoms with E-state index in [9.17, 15) is 18.0 Å². The Morgan fingerprint density at radius 2 is 1.72 bits per heavy atom. The molecule has 1 aliphatic carbocycles. The molecule has 4 N–H and O–H groups in total. The summed E-state index contributed by atoms with van der Waals surface area (Å²) in [6.07, 6.45) is 5.10. The summed E-state index contributed by atoms with van der Waals surface area (Å²) in [5.74, 6) is 0.0165. The van der Waals surface area contributed by atoms with Crippen molar-refractivity contribution in [3.05, 3.63) is 118 Å². The molecule has 4 aromatic carbocycles. The lowest BCUT2D eigenvalue weighted by molar-refractivity contribution is -0.124. The molecule has 12 nitrogen and oxygen atoms in total. The molecule has 2 fully saturated rings. The highest BCUT2D eigenvalue weighted by Gasteiger charge is 2.30. The molecule has 0 spiro atoms. The number of nitrogens with one attached hydrogen (secondary N) is 4. The summed E-state index contributed by atoms with van der Waals surface area (Å²) >= 11 is 6.25. The summed E-state index contributed by atoms with van der Waals surface area (Å²) in [7, 11) is -4.25. The first-order valence-corrected chi connectivity index (χ1v) is 22.9. The Morgan fingerprint density at radius 1 is 0.918 bits per heavy atom. The Hall–Kier alpha value is -5.34. The van der Waals surface area contributed by atoms with E-state index in [1.54, 1.807) is 18.2 Å². The van der Waals surface area contributed by atoms with Crippen molar-refractivity contribution in [2.75, 3.05) is 75.7 Å². The summed E-state index contributed by atoms with van der Waals surface area (Å²) in [6.45, 7) is 13.8. The average Bonchev–Trinajstić information content (AvgIpc) is 3.73. The number of hydrogen-bond donors (Lipinski definition) is 4. The minimum atomic E-state index is -4.25. The Morgan fingerprint density at radius 3 is 2.49 bits per heavy atom. The number of carbonyl (C=O) groups excluding carboxylic acids is 2. The first-order chi connectivity index (χ1) is 29.3. The molecule has 0 radical (unpaired) electrons. The lowest BCUT2D eigenvalue weighted by Gasteiger charge is -2.39. The SMILES string of the molecule is Cc1cc(S(=O)(=O)NC(=O)c2ccc(N3CCN(CC4=C(c5ccc(Cl)cc5)CC(C)(C)CC4)CC3)cc2Oc2cccc3[nH]ccc23)ccc1NCCN1CCNC(=O)C1. The van der Waals surface area contributed by atoms with Gasteiger partial charge in [-0.25, -0.2) is 13.1 Å². The van der Waals surface area contributed by atoms with Gasteiger partial charge < -0.3 is 25.3 Å². The second-order valence-electron chi connectivity index (χ2n) is 17.1. The quantitative estimate of drug-likeness (QED) is 0.0940. The van der Waals surface area contributed by atoms with Crippen molar-refractivity contribution in [3.63, 3.8) is 0 Å². The highest BCUT2D eigenvalue weighted by Crippen LogP contribution is 2.43. The summed E-state index contributed by atoms with van der Waals surface area (Å²) in [5.41, 5.74) is 7.78. The third kappa shape index (κ3) is 10.1. The van der Waals surface area contributed by atoms with Crippen LogP contribution in [-0.2, 0) is 14.8 Å². The number of piperazine rings is 2. The third-order valence-electron chi connectivity index (χ3n) is 12.1. The topological polar surface area (TPSA) is 139 Å². The lowest BCUT2D eigenvalue weighted by Crippen LogP contribution is -2.48. The van der Waals surface area contributed by atoms with Gasteiger partial charge in [0.15, 0.2) is 0 Å². The number of benzene rings is 4. The van der Waals surface area contributed by atoms with Gasteiger partial charge in [-0.2, -0.15) is 0 Å². The smallest absolute Gasteiger partial charge is 0.268 e. The summed E-state index contributed by atoms with van der Waals surface area (Å²) in [4.78, 5) is 35.8. The van der Waals surface area contributed by atoms with E-state index >= 15 is 0 Å². The molecule has 5 aromatic rings. The largest absolute Gasteiger partial charge is 0.456 e. The van der Waals surface area contributed by atoms with Gasteiger partial charge in [-0.05, 0) is 109 Å². The predicted molar refractivity (Wildman–Crippen MR) is 243 cm³/mol. The molecule has 320 valence electrons. The molecule has 0 unspecified atom stereocenters. The molecule has 3 aliphatic rings. The number of aromatic amines is 1. The Labute approximate surface area is 363 Å². The van der Waals surface area contributed by atoms with Gasteiger partial charge in [0.1, 0.15) is 11.5 Å². The number of nitrogens with zero attached hydrogens (tertiary/aromatic N) is 3. The van der Waals surface area contributed by atoms with Crippen LogP contribution in [0.1, 0.15) is 54.6 Å². The van der Waals surface area contributed by atoms with E-state index in [0.717, 1.165) is 85.8 Å². The Balaban J connectivity index is 0.976. The highest BCUT2D eigenvalue weighted by atomic mass is 35.5. The zero-order chi connectivity index (χ0) is 42.7. The molecule has 0 atom stereocenters. The zero-order valence-corrected chi connectivity index (χ0v) is 36.6. The minimum absolute atomic E-state index is 0.0122. The van der Waals surface area contributed by atoms with E-state index in [4.69, 9.17) is 16.3 Å². The normalized spacial score (nSPS) is 17.6. The van der Waals surface area contributed by atoms with Gasteiger partial charge in [0, 0.05) is 98.5 Å². The molecule has 2 amide bonds. The van der Waals surface area contributed by atoms with Crippen molar-refractivity contribution in [1.29, 1.82) is 0 Å². The zero-order valence-electron chi connectivity index (χ0n) is 35.0. The predicted octanol–water partition coefficient (Wildman–Crippen LogP) is 7.67. The van der Waals surface area contributed by atoms with E-state index in [-0.39, 0.29) is 27.5 Å². The number of allylic oxidation sites excluding steroid dienone is 1. The molecule has 14 heteroatoms. The number of hydrogen-bond acceptors (Lipinski definition) is 9. The lowest BCUT2D eigenvalue weighted by atomic mass is 9.72. The van der Waals surface area contributed by atoms with Crippen molar-refractivity contribution in [3.8, 4) is 11.5 Å². The highest BCUT2D eigenvalue weighted by molar-refractivity contribution is 7.90. The van der Waals surface area contributed by atoms with E-state index in [0.29, 0.717) is 37.5 Å². The van der Waals surface area contributed by atoms with Crippen LogP contribution in [0.4, 0.5) is 11.4 Å². The van der Waals surface area contributed by atoms with Crippen molar-refractivity contribution in [2.24, 2.45) is 5.41 Å². The molecule has 8 rings (SSSR count). The van der Waals surface area contributed by atoms with Gasteiger partial charge in [-0.1, -0.05) is 49.2 Å². The second-order valence-corrected chi connectivity index (χ2v) is 19.3. The van der Waals surface area contributed by atoms with Crippen LogP contribution in [0.3, 0.4) is 0 Å². The summed E-state index contributed by atoms with van der Waals surface area (Å²) < 4.78 is 36.2. The number of ether oxygens (including phenoxy) is 1. The number of aryl methyl sites for hydroxylation is 1. The van der Waals surface area contributed by atoms with Crippen LogP contribution in [0.2, 0.25) is 5.02 Å². The van der Waals surface area contributed by atoms with Crippen LogP contribution in [0.15, 0.2) is 102 Å². The molecule has 61 heavy (non-hydrogen) atoms. The van der Waals surface area contributed by atoms with Crippen LogP contribution in [0.25, 0.3) is 16.5 Å². The van der Waals surface area contributed by atoms with Gasteiger partial charge in [-0.15, -0.1) is 0 Å². The fourth-order valence-electron chi connectivity index (χ4n) is 8.61. The fraction of sp³-hybridized carbons (Fsp3) is 0.362. The third-order valence-corrected chi connectivity index (χ3v) is 13.7. The average molecular weight is 865 g/mol. The first kappa shape index (κ1) is 42.4. The number of sulfonamides is 1. The number of H-pyrrole nitrogens is 1. The van der Waals surface area contributed by atoms with E-state index in [1.165, 1.54) is 22.8 Å². The van der Waals surface area contributed by atoms with Gasteiger partial charge >= 0.3 is 0 Å². The Bertz CT molecular complexity index is 2560. The van der Waals surface area contributed by atoms with Crippen LogP contribution in [0.5, 0.6) is 11.5 Å². The number of carbonyl (C=O) groups is 2. The standard InChI is InChI=1S/C47H54ClN7O5S/c1-32-27-37(12-14-41(32)50-19-21-53-22-20-51-45(56)31-53)61(58,59)52-46(57)39-13-11-36(28-44(39)60-43-6-4-5-42-38(43)16-18-49-42)55-25-23-54(24-26-55)30-34-15-17-47(2,3)29-40(34)33-7-9-35(48)10-8-33/h4-14,16,18,27-28,49-50H,15,17,19-26,29-31H2,1-3H3,(H,51,56)(H,52,57). The van der Waals surface area contributed by atoms with Crippen LogP contribution >= 0.6 is 11.6 Å². The van der Waals surface area contributed by atoms with E-state index < -0.39 is 15.9 Å². The maximum absolute atomic E-state index is 14.0. The molecular weight excluding hydrogens is 810 g/mol. The van der Waals surface area contributed by atoms with Gasteiger partial charge in [0.25, 0.3) is 15.9 Å². The first-order valence-electron chi connectivity index (χ1n) is 21.0. The van der Waals surface area contributed by atoms with E-state index in [1.807, 2.05) is 61.7 Å². The van der Waals surface area contributed by atoms with Crippen molar-refractivity contribution in [1.82, 2.24) is 24.8 Å². The van der Waals surface area contributed by atoms with Crippen LogP contribution in [0, 0.1) is 12.3 Å². The van der Waals surface area contributed by atoms with Crippen LogP contribution < -0.4 is 25.0 Å². The number of halogens is 1. The molecule has 0 bridgehead atoms. The van der Waals surface area contributed by atoms with Crippen molar-refractivity contribution >= 4 is 61.3 Å².